The molecule has 0 aliphatic rings. The van der Waals surface area contributed by atoms with Gasteiger partial charge in [-0.25, -0.2) is 0 Å². The molecule has 0 bridgehead atoms. The van der Waals surface area contributed by atoms with Crippen molar-refractivity contribution in [3.63, 3.8) is 0 Å². The average Bonchev–Trinajstić information content (AvgIpc) is 2.56. The summed E-state index contributed by atoms with van der Waals surface area (Å²) in [5.41, 5.74) is 3.06. The predicted molar refractivity (Wildman–Crippen MR) is 87.3 cm³/mol. The zero-order chi connectivity index (χ0) is 16.7. The molecule has 0 spiro atoms. The van der Waals surface area contributed by atoms with Crippen LogP contribution in [0.4, 0.5) is 0 Å². The van der Waals surface area contributed by atoms with Crippen molar-refractivity contribution in [2.24, 2.45) is 0 Å². The summed E-state index contributed by atoms with van der Waals surface area (Å²) in [6.07, 6.45) is 1.96. The van der Waals surface area contributed by atoms with Crippen molar-refractivity contribution in [2.45, 2.75) is 13.5 Å². The van der Waals surface area contributed by atoms with Gasteiger partial charge in [0.15, 0.2) is 0 Å². The number of fused-ring (bicyclic) bond motifs is 1. The fraction of sp³-hybridized carbons (Fsp3) is 0.111. The lowest BCUT2D eigenvalue weighted by molar-refractivity contribution is -0.191. The standard InChI is InChI=1S/C17H14ClNO.CO2/c1-12-9-14-15(18)7-8-19-16(14)10-17(12)20-11-13-5-3-2-4-6-13;2-1-3/h2-10H,11H2,1H3;. The van der Waals surface area contributed by atoms with E-state index in [1.807, 2.05) is 49.4 Å². The van der Waals surface area contributed by atoms with E-state index in [1.165, 1.54) is 0 Å². The molecule has 0 fully saturated rings. The molecule has 0 aliphatic heterocycles. The van der Waals surface area contributed by atoms with Crippen molar-refractivity contribution < 1.29 is 14.3 Å². The summed E-state index contributed by atoms with van der Waals surface area (Å²) in [4.78, 5) is 20.6. The first kappa shape index (κ1) is 16.7. The van der Waals surface area contributed by atoms with E-state index in [-0.39, 0.29) is 6.15 Å². The number of halogens is 1. The maximum absolute atomic E-state index is 8.12. The summed E-state index contributed by atoms with van der Waals surface area (Å²) in [7, 11) is 0. The van der Waals surface area contributed by atoms with Crippen molar-refractivity contribution >= 4 is 28.7 Å². The number of aromatic nitrogens is 1. The van der Waals surface area contributed by atoms with Gasteiger partial charge in [0.1, 0.15) is 12.4 Å². The molecule has 3 aromatic rings. The molecular formula is C18H14ClNO3. The Labute approximate surface area is 138 Å². The van der Waals surface area contributed by atoms with Gasteiger partial charge in [-0.1, -0.05) is 41.9 Å². The Morgan fingerprint density at radius 2 is 1.83 bits per heavy atom. The van der Waals surface area contributed by atoms with Crippen LogP contribution in [0.3, 0.4) is 0 Å². The Bertz CT molecular complexity index is 828. The first-order valence-electron chi connectivity index (χ1n) is 6.86. The Morgan fingerprint density at radius 3 is 2.52 bits per heavy atom. The lowest BCUT2D eigenvalue weighted by atomic mass is 10.1. The number of ether oxygens (including phenoxy) is 1. The van der Waals surface area contributed by atoms with Crippen LogP contribution in [0.1, 0.15) is 11.1 Å². The smallest absolute Gasteiger partial charge is 0.373 e. The van der Waals surface area contributed by atoms with Crippen LogP contribution < -0.4 is 4.74 Å². The van der Waals surface area contributed by atoms with Gasteiger partial charge in [0.2, 0.25) is 0 Å². The number of hydrogen-bond donors (Lipinski definition) is 0. The van der Waals surface area contributed by atoms with Gasteiger partial charge in [-0.2, -0.15) is 9.59 Å². The van der Waals surface area contributed by atoms with Crippen LogP contribution in [-0.4, -0.2) is 11.1 Å². The molecule has 0 atom stereocenters. The van der Waals surface area contributed by atoms with Gasteiger partial charge in [0.25, 0.3) is 0 Å². The summed E-state index contributed by atoms with van der Waals surface area (Å²) >= 11 is 6.17. The third-order valence-electron chi connectivity index (χ3n) is 3.22. The van der Waals surface area contributed by atoms with Gasteiger partial charge in [-0.15, -0.1) is 0 Å². The van der Waals surface area contributed by atoms with E-state index in [0.717, 1.165) is 27.8 Å². The first-order valence-corrected chi connectivity index (χ1v) is 7.24. The number of pyridine rings is 1. The zero-order valence-electron chi connectivity index (χ0n) is 12.5. The molecule has 2 aromatic carbocycles. The summed E-state index contributed by atoms with van der Waals surface area (Å²) in [6, 6.07) is 15.9. The Morgan fingerprint density at radius 1 is 1.13 bits per heavy atom. The minimum absolute atomic E-state index is 0.250. The van der Waals surface area contributed by atoms with Crippen LogP contribution in [0.25, 0.3) is 10.9 Å². The van der Waals surface area contributed by atoms with Gasteiger partial charge < -0.3 is 4.74 Å². The lowest BCUT2D eigenvalue weighted by Crippen LogP contribution is -1.97. The van der Waals surface area contributed by atoms with Crippen LogP contribution in [0.5, 0.6) is 5.75 Å². The number of nitrogens with zero attached hydrogens (tertiary/aromatic N) is 1. The number of rotatable bonds is 3. The molecule has 5 heteroatoms. The maximum atomic E-state index is 8.12. The highest BCUT2D eigenvalue weighted by atomic mass is 35.5. The molecule has 1 heterocycles. The van der Waals surface area contributed by atoms with E-state index in [2.05, 4.69) is 4.98 Å². The average molecular weight is 328 g/mol. The van der Waals surface area contributed by atoms with Crippen LogP contribution >= 0.6 is 11.6 Å². The van der Waals surface area contributed by atoms with Crippen LogP contribution in [0, 0.1) is 6.92 Å². The largest absolute Gasteiger partial charge is 0.489 e. The molecule has 116 valence electrons. The van der Waals surface area contributed by atoms with E-state index in [4.69, 9.17) is 25.9 Å². The summed E-state index contributed by atoms with van der Waals surface area (Å²) in [5.74, 6) is 0.844. The molecule has 0 amide bonds. The second kappa shape index (κ2) is 8.08. The third-order valence-corrected chi connectivity index (χ3v) is 3.55. The lowest BCUT2D eigenvalue weighted by Gasteiger charge is -2.11. The topological polar surface area (TPSA) is 56.3 Å². The minimum atomic E-state index is 0.250. The molecule has 0 saturated carbocycles. The Kier molecular flexibility index (Phi) is 5.87. The summed E-state index contributed by atoms with van der Waals surface area (Å²) in [5, 5.41) is 1.67. The molecule has 0 saturated heterocycles. The van der Waals surface area contributed by atoms with Gasteiger partial charge >= 0.3 is 6.15 Å². The SMILES string of the molecule is Cc1cc2c(Cl)ccnc2cc1OCc1ccccc1.O=C=O. The Hall–Kier alpha value is -2.68. The van der Waals surface area contributed by atoms with Crippen molar-refractivity contribution in [3.05, 3.63) is 70.9 Å². The fourth-order valence-electron chi connectivity index (χ4n) is 2.14. The van der Waals surface area contributed by atoms with E-state index < -0.39 is 0 Å². The highest BCUT2D eigenvalue weighted by molar-refractivity contribution is 6.35. The van der Waals surface area contributed by atoms with Crippen molar-refractivity contribution in [1.82, 2.24) is 4.98 Å². The van der Waals surface area contributed by atoms with Crippen LogP contribution in [-0.2, 0) is 16.2 Å². The highest BCUT2D eigenvalue weighted by Gasteiger charge is 2.06. The van der Waals surface area contributed by atoms with E-state index in [0.29, 0.717) is 11.6 Å². The van der Waals surface area contributed by atoms with Crippen molar-refractivity contribution in [2.75, 3.05) is 0 Å². The molecular weight excluding hydrogens is 314 g/mol. The van der Waals surface area contributed by atoms with E-state index >= 15 is 0 Å². The van der Waals surface area contributed by atoms with Crippen LogP contribution in [0.2, 0.25) is 5.02 Å². The highest BCUT2D eigenvalue weighted by Crippen LogP contribution is 2.29. The first-order chi connectivity index (χ1) is 11.2. The summed E-state index contributed by atoms with van der Waals surface area (Å²) < 4.78 is 5.89. The molecule has 3 rings (SSSR count). The second-order valence-electron chi connectivity index (χ2n) is 4.79. The summed E-state index contributed by atoms with van der Waals surface area (Å²) in [6.45, 7) is 2.57. The molecule has 0 radical (unpaired) electrons. The van der Waals surface area contributed by atoms with Crippen molar-refractivity contribution in [3.8, 4) is 5.75 Å². The van der Waals surface area contributed by atoms with E-state index in [9.17, 15) is 0 Å². The molecule has 23 heavy (non-hydrogen) atoms. The molecule has 1 aromatic heterocycles. The number of benzene rings is 2. The maximum Gasteiger partial charge on any atom is 0.373 e. The fourth-order valence-corrected chi connectivity index (χ4v) is 2.35. The van der Waals surface area contributed by atoms with E-state index in [1.54, 1.807) is 12.3 Å². The van der Waals surface area contributed by atoms with Gasteiger partial charge in [-0.3, -0.25) is 4.98 Å². The monoisotopic (exact) mass is 327 g/mol. The van der Waals surface area contributed by atoms with Gasteiger partial charge in [0, 0.05) is 17.6 Å². The zero-order valence-corrected chi connectivity index (χ0v) is 13.2. The van der Waals surface area contributed by atoms with Crippen molar-refractivity contribution in [1.29, 1.82) is 0 Å². The molecule has 4 nitrogen and oxygen atoms in total. The predicted octanol–water partition coefficient (Wildman–Crippen LogP) is 4.19. The second-order valence-corrected chi connectivity index (χ2v) is 5.19. The van der Waals surface area contributed by atoms with Crippen LogP contribution in [0.15, 0.2) is 54.7 Å². The quantitative estimate of drug-likeness (QED) is 0.723. The number of carbonyl (C=O) groups excluding carboxylic acids is 2. The normalized spacial score (nSPS) is 9.65. The van der Waals surface area contributed by atoms with Gasteiger partial charge in [-0.05, 0) is 30.2 Å². The molecule has 0 unspecified atom stereocenters. The number of hydrogen-bond acceptors (Lipinski definition) is 4. The molecule has 0 aliphatic carbocycles. The number of aryl methyl sites for hydroxylation is 1. The van der Waals surface area contributed by atoms with Gasteiger partial charge in [0.05, 0.1) is 10.5 Å². The minimum Gasteiger partial charge on any atom is -0.489 e. The molecule has 0 N–H and O–H groups in total. The Balaban J connectivity index is 0.000000595. The third kappa shape index (κ3) is 4.39.